The Labute approximate surface area is 97.9 Å². The van der Waals surface area contributed by atoms with Crippen molar-refractivity contribution in [1.82, 2.24) is 5.32 Å². The standard InChI is InChI=1S/C11H14BrNO2/c1-15-7-6-11(14)13-8-9-2-4-10(12)5-3-9/h2-5H,6-8H2,1H3,(H,13,14). The summed E-state index contributed by atoms with van der Waals surface area (Å²) in [6, 6.07) is 7.86. The zero-order valence-corrected chi connectivity index (χ0v) is 10.2. The van der Waals surface area contributed by atoms with Crippen molar-refractivity contribution >= 4 is 21.8 Å². The van der Waals surface area contributed by atoms with Crippen molar-refractivity contribution in [2.45, 2.75) is 13.0 Å². The molecule has 1 rings (SSSR count). The van der Waals surface area contributed by atoms with Crippen LogP contribution in [0, 0.1) is 0 Å². The van der Waals surface area contributed by atoms with Crippen LogP contribution in [0.2, 0.25) is 0 Å². The number of ether oxygens (including phenoxy) is 1. The first-order valence-electron chi connectivity index (χ1n) is 4.72. The van der Waals surface area contributed by atoms with Gasteiger partial charge in [-0.3, -0.25) is 4.79 Å². The highest BCUT2D eigenvalue weighted by Gasteiger charge is 2.00. The van der Waals surface area contributed by atoms with Crippen LogP contribution in [0.15, 0.2) is 28.7 Å². The number of benzene rings is 1. The molecule has 0 aromatic heterocycles. The third kappa shape index (κ3) is 4.95. The van der Waals surface area contributed by atoms with Crippen LogP contribution in [-0.4, -0.2) is 19.6 Å². The summed E-state index contributed by atoms with van der Waals surface area (Å²) in [7, 11) is 1.59. The fourth-order valence-corrected chi connectivity index (χ4v) is 1.35. The number of nitrogens with one attached hydrogen (secondary N) is 1. The number of hydrogen-bond acceptors (Lipinski definition) is 2. The Morgan fingerprint density at radius 1 is 1.40 bits per heavy atom. The molecule has 0 fully saturated rings. The minimum Gasteiger partial charge on any atom is -0.384 e. The van der Waals surface area contributed by atoms with Gasteiger partial charge in [-0.05, 0) is 17.7 Å². The molecule has 0 saturated carbocycles. The monoisotopic (exact) mass is 271 g/mol. The molecule has 0 atom stereocenters. The second-order valence-electron chi connectivity index (χ2n) is 3.15. The predicted octanol–water partition coefficient (Wildman–Crippen LogP) is 2.10. The Morgan fingerprint density at radius 3 is 2.67 bits per heavy atom. The lowest BCUT2D eigenvalue weighted by molar-refractivity contribution is -0.122. The molecular weight excluding hydrogens is 258 g/mol. The molecule has 0 aliphatic heterocycles. The van der Waals surface area contributed by atoms with Crippen molar-refractivity contribution in [1.29, 1.82) is 0 Å². The summed E-state index contributed by atoms with van der Waals surface area (Å²) in [5, 5.41) is 2.82. The molecule has 3 nitrogen and oxygen atoms in total. The molecule has 0 aliphatic carbocycles. The average molecular weight is 272 g/mol. The van der Waals surface area contributed by atoms with Crippen LogP contribution < -0.4 is 5.32 Å². The molecule has 4 heteroatoms. The average Bonchev–Trinajstić information content (AvgIpc) is 2.25. The van der Waals surface area contributed by atoms with E-state index in [0.717, 1.165) is 10.0 Å². The van der Waals surface area contributed by atoms with E-state index in [1.165, 1.54) is 0 Å². The van der Waals surface area contributed by atoms with Crippen molar-refractivity contribution in [3.63, 3.8) is 0 Å². The van der Waals surface area contributed by atoms with E-state index in [4.69, 9.17) is 4.74 Å². The third-order valence-electron chi connectivity index (χ3n) is 1.94. The van der Waals surface area contributed by atoms with Gasteiger partial charge < -0.3 is 10.1 Å². The van der Waals surface area contributed by atoms with Crippen LogP contribution in [0.25, 0.3) is 0 Å². The highest BCUT2D eigenvalue weighted by molar-refractivity contribution is 9.10. The lowest BCUT2D eigenvalue weighted by Crippen LogP contribution is -2.23. The van der Waals surface area contributed by atoms with Crippen molar-refractivity contribution in [2.24, 2.45) is 0 Å². The Kier molecular flexibility index (Phi) is 5.36. The number of hydrogen-bond donors (Lipinski definition) is 1. The Bertz CT molecular complexity index is 311. The van der Waals surface area contributed by atoms with E-state index in [-0.39, 0.29) is 5.91 Å². The lowest BCUT2D eigenvalue weighted by atomic mass is 10.2. The van der Waals surface area contributed by atoms with Crippen LogP contribution >= 0.6 is 15.9 Å². The first-order chi connectivity index (χ1) is 7.22. The predicted molar refractivity (Wildman–Crippen MR) is 62.5 cm³/mol. The summed E-state index contributed by atoms with van der Waals surface area (Å²) in [6.45, 7) is 1.03. The summed E-state index contributed by atoms with van der Waals surface area (Å²) >= 11 is 3.36. The van der Waals surface area contributed by atoms with Gasteiger partial charge in [0.1, 0.15) is 0 Å². The van der Waals surface area contributed by atoms with Gasteiger partial charge in [0.25, 0.3) is 0 Å². The van der Waals surface area contributed by atoms with Crippen LogP contribution in [0.1, 0.15) is 12.0 Å². The largest absolute Gasteiger partial charge is 0.384 e. The Morgan fingerprint density at radius 2 is 2.07 bits per heavy atom. The number of amides is 1. The zero-order chi connectivity index (χ0) is 11.1. The molecule has 1 N–H and O–H groups in total. The quantitative estimate of drug-likeness (QED) is 0.891. The molecule has 0 radical (unpaired) electrons. The van der Waals surface area contributed by atoms with Gasteiger partial charge >= 0.3 is 0 Å². The fraction of sp³-hybridized carbons (Fsp3) is 0.364. The smallest absolute Gasteiger partial charge is 0.222 e. The highest BCUT2D eigenvalue weighted by atomic mass is 79.9. The Hall–Kier alpha value is -0.870. The highest BCUT2D eigenvalue weighted by Crippen LogP contribution is 2.10. The van der Waals surface area contributed by atoms with Crippen LogP contribution in [-0.2, 0) is 16.1 Å². The Balaban J connectivity index is 2.30. The van der Waals surface area contributed by atoms with Gasteiger partial charge in [-0.15, -0.1) is 0 Å². The van der Waals surface area contributed by atoms with Crippen LogP contribution in [0.5, 0.6) is 0 Å². The number of rotatable bonds is 5. The number of carbonyl (C=O) groups is 1. The SMILES string of the molecule is COCCC(=O)NCc1ccc(Br)cc1. The van der Waals surface area contributed by atoms with E-state index in [2.05, 4.69) is 21.2 Å². The molecule has 0 unspecified atom stereocenters. The first-order valence-corrected chi connectivity index (χ1v) is 5.52. The molecule has 1 aromatic rings. The number of halogens is 1. The number of methoxy groups -OCH3 is 1. The molecule has 0 aliphatic rings. The van der Waals surface area contributed by atoms with Gasteiger partial charge in [0.15, 0.2) is 0 Å². The topological polar surface area (TPSA) is 38.3 Å². The molecule has 0 spiro atoms. The second kappa shape index (κ2) is 6.58. The van der Waals surface area contributed by atoms with Gasteiger partial charge in [-0.2, -0.15) is 0 Å². The van der Waals surface area contributed by atoms with E-state index in [0.29, 0.717) is 19.6 Å². The summed E-state index contributed by atoms with van der Waals surface area (Å²) in [6.07, 6.45) is 0.410. The second-order valence-corrected chi connectivity index (χ2v) is 4.06. The van der Waals surface area contributed by atoms with E-state index < -0.39 is 0 Å². The third-order valence-corrected chi connectivity index (χ3v) is 2.46. The number of carbonyl (C=O) groups excluding carboxylic acids is 1. The molecule has 82 valence electrons. The first kappa shape index (κ1) is 12.2. The lowest BCUT2D eigenvalue weighted by Gasteiger charge is -2.04. The normalized spacial score (nSPS) is 10.0. The molecular formula is C11H14BrNO2. The van der Waals surface area contributed by atoms with Crippen molar-refractivity contribution in [3.05, 3.63) is 34.3 Å². The van der Waals surface area contributed by atoms with Gasteiger partial charge in [0.05, 0.1) is 6.61 Å². The molecule has 0 bridgehead atoms. The van der Waals surface area contributed by atoms with Crippen molar-refractivity contribution < 1.29 is 9.53 Å². The summed E-state index contributed by atoms with van der Waals surface area (Å²) < 4.78 is 5.85. The molecule has 0 saturated heterocycles. The maximum Gasteiger partial charge on any atom is 0.222 e. The van der Waals surface area contributed by atoms with Crippen molar-refractivity contribution in [2.75, 3.05) is 13.7 Å². The van der Waals surface area contributed by atoms with E-state index in [1.807, 2.05) is 24.3 Å². The van der Waals surface area contributed by atoms with Crippen molar-refractivity contribution in [3.8, 4) is 0 Å². The maximum atomic E-state index is 11.2. The summed E-state index contributed by atoms with van der Waals surface area (Å²) in [4.78, 5) is 11.2. The molecule has 0 heterocycles. The van der Waals surface area contributed by atoms with E-state index in [1.54, 1.807) is 7.11 Å². The molecule has 1 amide bonds. The van der Waals surface area contributed by atoms with Gasteiger partial charge in [0.2, 0.25) is 5.91 Å². The molecule has 1 aromatic carbocycles. The van der Waals surface area contributed by atoms with E-state index in [9.17, 15) is 4.79 Å². The van der Waals surface area contributed by atoms with Gasteiger partial charge in [-0.25, -0.2) is 0 Å². The fourth-order valence-electron chi connectivity index (χ4n) is 1.09. The maximum absolute atomic E-state index is 11.2. The zero-order valence-electron chi connectivity index (χ0n) is 8.63. The summed E-state index contributed by atoms with van der Waals surface area (Å²) in [5.41, 5.74) is 1.09. The van der Waals surface area contributed by atoms with Crippen LogP contribution in [0.4, 0.5) is 0 Å². The minimum absolute atomic E-state index is 0.0137. The van der Waals surface area contributed by atoms with Gasteiger partial charge in [0, 0.05) is 24.5 Å². The minimum atomic E-state index is 0.0137. The van der Waals surface area contributed by atoms with E-state index >= 15 is 0 Å². The molecule has 15 heavy (non-hydrogen) atoms. The van der Waals surface area contributed by atoms with Crippen LogP contribution in [0.3, 0.4) is 0 Å². The van der Waals surface area contributed by atoms with Gasteiger partial charge in [-0.1, -0.05) is 28.1 Å². The summed E-state index contributed by atoms with van der Waals surface area (Å²) in [5.74, 6) is 0.0137.